The van der Waals surface area contributed by atoms with Gasteiger partial charge in [-0.15, -0.1) is 0 Å². The minimum Gasteiger partial charge on any atom is -0.493 e. The van der Waals surface area contributed by atoms with Crippen LogP contribution in [0.3, 0.4) is 0 Å². The third-order valence-electron chi connectivity index (χ3n) is 4.14. The summed E-state index contributed by atoms with van der Waals surface area (Å²) in [4.78, 5) is 23.8. The normalized spacial score (nSPS) is 15.1. The van der Waals surface area contributed by atoms with Crippen molar-refractivity contribution in [3.63, 3.8) is 0 Å². The van der Waals surface area contributed by atoms with Crippen LogP contribution in [-0.2, 0) is 4.79 Å². The smallest absolute Gasteiger partial charge is 0.335 e. The molecular formula is C20H18N2O5. The van der Waals surface area contributed by atoms with Crippen molar-refractivity contribution in [1.82, 2.24) is 0 Å². The van der Waals surface area contributed by atoms with Gasteiger partial charge in [0, 0.05) is 0 Å². The largest absolute Gasteiger partial charge is 0.493 e. The van der Waals surface area contributed by atoms with Crippen LogP contribution >= 0.6 is 0 Å². The van der Waals surface area contributed by atoms with Crippen molar-refractivity contribution in [3.05, 3.63) is 59.2 Å². The molecule has 1 aliphatic rings. The number of carboxylic acid groups (broad SMARTS) is 1. The van der Waals surface area contributed by atoms with Crippen LogP contribution in [0.5, 0.6) is 11.5 Å². The third-order valence-corrected chi connectivity index (χ3v) is 4.14. The molecule has 0 atom stereocenters. The zero-order valence-corrected chi connectivity index (χ0v) is 15.1. The maximum Gasteiger partial charge on any atom is 0.335 e. The molecule has 27 heavy (non-hydrogen) atoms. The Morgan fingerprint density at radius 2 is 1.74 bits per heavy atom. The highest BCUT2D eigenvalue weighted by Gasteiger charge is 2.28. The molecule has 138 valence electrons. The number of nitrogens with zero attached hydrogens (tertiary/aromatic N) is 2. The van der Waals surface area contributed by atoms with Crippen LogP contribution in [0, 0.1) is 0 Å². The molecule has 0 fully saturated rings. The predicted octanol–water partition coefficient (Wildman–Crippen LogP) is 3.21. The number of ether oxygens (including phenoxy) is 2. The van der Waals surface area contributed by atoms with Gasteiger partial charge in [0.25, 0.3) is 5.91 Å². The number of carboxylic acids is 1. The highest BCUT2D eigenvalue weighted by molar-refractivity contribution is 6.32. The first kappa shape index (κ1) is 18.2. The number of carbonyl (C=O) groups is 2. The van der Waals surface area contributed by atoms with Crippen LogP contribution < -0.4 is 14.5 Å². The minimum absolute atomic E-state index is 0.146. The van der Waals surface area contributed by atoms with Gasteiger partial charge in [-0.3, -0.25) is 4.79 Å². The van der Waals surface area contributed by atoms with Gasteiger partial charge in [-0.25, -0.2) is 4.79 Å². The number of benzene rings is 2. The predicted molar refractivity (Wildman–Crippen MR) is 102 cm³/mol. The molecule has 7 nitrogen and oxygen atoms in total. The van der Waals surface area contributed by atoms with Crippen LogP contribution in [0.15, 0.2) is 53.1 Å². The zero-order chi connectivity index (χ0) is 19.6. The second-order valence-electron chi connectivity index (χ2n) is 5.83. The van der Waals surface area contributed by atoms with Crippen molar-refractivity contribution in [3.8, 4) is 11.5 Å². The molecule has 2 aromatic rings. The number of hydrogen-bond acceptors (Lipinski definition) is 5. The number of methoxy groups -OCH3 is 2. The van der Waals surface area contributed by atoms with Gasteiger partial charge >= 0.3 is 5.97 Å². The molecule has 3 rings (SSSR count). The number of hydrazone groups is 1. The molecule has 1 heterocycles. The molecule has 0 saturated carbocycles. The Kier molecular flexibility index (Phi) is 4.94. The van der Waals surface area contributed by atoms with E-state index in [1.807, 2.05) is 6.07 Å². The van der Waals surface area contributed by atoms with E-state index in [1.165, 1.54) is 17.1 Å². The van der Waals surface area contributed by atoms with Crippen LogP contribution in [0.4, 0.5) is 5.69 Å². The average molecular weight is 366 g/mol. The Bertz CT molecular complexity index is 961. The zero-order valence-electron chi connectivity index (χ0n) is 15.1. The molecule has 0 aromatic heterocycles. The third kappa shape index (κ3) is 3.52. The lowest BCUT2D eigenvalue weighted by molar-refractivity contribution is -0.114. The quantitative estimate of drug-likeness (QED) is 0.821. The molecule has 1 N–H and O–H groups in total. The summed E-state index contributed by atoms with van der Waals surface area (Å²) in [7, 11) is 3.10. The number of hydrogen-bond donors (Lipinski definition) is 1. The standard InChI is InChI=1S/C20H18N2O5/c1-12-16(10-13-4-9-17(26-2)18(11-13)27-3)19(23)22(21-12)15-7-5-14(6-8-15)20(24)25/h4-11H,1-3H3,(H,24,25)/b16-10-. The lowest BCUT2D eigenvalue weighted by Crippen LogP contribution is -2.21. The Labute approximate surface area is 156 Å². The number of rotatable bonds is 5. The van der Waals surface area contributed by atoms with E-state index in [1.54, 1.807) is 51.5 Å². The van der Waals surface area contributed by atoms with Gasteiger partial charge in [-0.05, 0) is 55.0 Å². The fraction of sp³-hybridized carbons (Fsp3) is 0.150. The van der Waals surface area contributed by atoms with E-state index in [0.29, 0.717) is 28.5 Å². The van der Waals surface area contributed by atoms with E-state index < -0.39 is 5.97 Å². The van der Waals surface area contributed by atoms with Gasteiger partial charge < -0.3 is 14.6 Å². The summed E-state index contributed by atoms with van der Waals surface area (Å²) in [6.45, 7) is 1.75. The summed E-state index contributed by atoms with van der Waals surface area (Å²) in [6, 6.07) is 11.3. The topological polar surface area (TPSA) is 88.4 Å². The van der Waals surface area contributed by atoms with E-state index in [2.05, 4.69) is 5.10 Å². The SMILES string of the molecule is COc1ccc(/C=C2\C(=O)N(c3ccc(C(=O)O)cc3)N=C2C)cc1OC. The van der Waals surface area contributed by atoms with Crippen LogP contribution in [0.2, 0.25) is 0 Å². The van der Waals surface area contributed by atoms with Gasteiger partial charge in [0.1, 0.15) is 0 Å². The van der Waals surface area contributed by atoms with Gasteiger partial charge in [0.15, 0.2) is 11.5 Å². The van der Waals surface area contributed by atoms with E-state index in [4.69, 9.17) is 14.6 Å². The second kappa shape index (κ2) is 7.33. The molecule has 0 bridgehead atoms. The minimum atomic E-state index is -1.02. The maximum atomic E-state index is 12.8. The highest BCUT2D eigenvalue weighted by Crippen LogP contribution is 2.30. The molecule has 1 aliphatic heterocycles. The summed E-state index contributed by atoms with van der Waals surface area (Å²) >= 11 is 0. The van der Waals surface area contributed by atoms with Gasteiger partial charge in [-0.2, -0.15) is 10.1 Å². The Morgan fingerprint density at radius 3 is 2.33 bits per heavy atom. The van der Waals surface area contributed by atoms with E-state index in [-0.39, 0.29) is 11.5 Å². The highest BCUT2D eigenvalue weighted by atomic mass is 16.5. The fourth-order valence-corrected chi connectivity index (χ4v) is 2.71. The van der Waals surface area contributed by atoms with Crippen molar-refractivity contribution in [2.75, 3.05) is 19.2 Å². The number of anilines is 1. The Balaban J connectivity index is 1.91. The van der Waals surface area contributed by atoms with Gasteiger partial charge in [0.05, 0.1) is 36.8 Å². The molecule has 0 saturated heterocycles. The van der Waals surface area contributed by atoms with Crippen LogP contribution in [0.1, 0.15) is 22.8 Å². The summed E-state index contributed by atoms with van der Waals surface area (Å²) in [5.74, 6) is -0.149. The molecule has 2 aromatic carbocycles. The summed E-state index contributed by atoms with van der Waals surface area (Å²) < 4.78 is 10.5. The first-order chi connectivity index (χ1) is 12.9. The van der Waals surface area contributed by atoms with Crippen molar-refractivity contribution < 1.29 is 24.2 Å². The molecule has 7 heteroatoms. The fourth-order valence-electron chi connectivity index (χ4n) is 2.71. The number of amides is 1. The number of carbonyl (C=O) groups excluding carboxylic acids is 1. The van der Waals surface area contributed by atoms with Gasteiger partial charge in [0.2, 0.25) is 0 Å². The molecular weight excluding hydrogens is 348 g/mol. The maximum absolute atomic E-state index is 12.8. The molecule has 0 radical (unpaired) electrons. The van der Waals surface area contributed by atoms with Crippen molar-refractivity contribution >= 4 is 29.4 Å². The first-order valence-electron chi connectivity index (χ1n) is 8.11. The van der Waals surface area contributed by atoms with Crippen molar-refractivity contribution in [2.45, 2.75) is 6.92 Å². The van der Waals surface area contributed by atoms with Crippen LogP contribution in [-0.4, -0.2) is 36.9 Å². The van der Waals surface area contributed by atoms with E-state index in [9.17, 15) is 9.59 Å². The lowest BCUT2D eigenvalue weighted by Gasteiger charge is -2.12. The molecule has 0 spiro atoms. The summed E-state index contributed by atoms with van der Waals surface area (Å²) in [5.41, 5.74) is 2.43. The van der Waals surface area contributed by atoms with Crippen molar-refractivity contribution in [2.24, 2.45) is 5.10 Å². The van der Waals surface area contributed by atoms with E-state index >= 15 is 0 Å². The number of aromatic carboxylic acids is 1. The van der Waals surface area contributed by atoms with Gasteiger partial charge in [-0.1, -0.05) is 6.07 Å². The summed E-state index contributed by atoms with van der Waals surface area (Å²) in [6.07, 6.45) is 1.73. The molecule has 0 aliphatic carbocycles. The van der Waals surface area contributed by atoms with Crippen molar-refractivity contribution in [1.29, 1.82) is 0 Å². The monoisotopic (exact) mass is 366 g/mol. The second-order valence-corrected chi connectivity index (χ2v) is 5.83. The molecule has 0 unspecified atom stereocenters. The summed E-state index contributed by atoms with van der Waals surface area (Å²) in [5, 5.41) is 14.5. The van der Waals surface area contributed by atoms with E-state index in [0.717, 1.165) is 5.56 Å². The van der Waals surface area contributed by atoms with Crippen LogP contribution in [0.25, 0.3) is 6.08 Å². The Morgan fingerprint density at radius 1 is 1.07 bits per heavy atom. The molecule has 1 amide bonds. The average Bonchev–Trinajstić information content (AvgIpc) is 2.96. The lowest BCUT2D eigenvalue weighted by atomic mass is 10.1. The Hall–Kier alpha value is -3.61. The first-order valence-corrected chi connectivity index (χ1v) is 8.11.